The number of hydrogen-bond donors (Lipinski definition) is 5. The number of β-amino-alcohol motifs (C(OH)–C–C–N with tert-alkyl or cyclic N) is 1. The van der Waals surface area contributed by atoms with Crippen molar-refractivity contribution in [1.82, 2.24) is 34.3 Å². The van der Waals surface area contributed by atoms with E-state index in [0.29, 0.717) is 35.6 Å². The van der Waals surface area contributed by atoms with E-state index in [-0.39, 0.29) is 43.9 Å². The van der Waals surface area contributed by atoms with E-state index in [9.17, 15) is 42.2 Å². The number of aromatic amines is 1. The third-order valence-corrected chi connectivity index (χ3v) is 15.0. The van der Waals surface area contributed by atoms with Gasteiger partial charge in [0.15, 0.2) is 5.82 Å². The van der Waals surface area contributed by atoms with Crippen LogP contribution in [0.15, 0.2) is 54.9 Å². The van der Waals surface area contributed by atoms with Gasteiger partial charge in [-0.3, -0.25) is 24.0 Å². The summed E-state index contributed by atoms with van der Waals surface area (Å²) in [7, 11) is -4.37. The van der Waals surface area contributed by atoms with Gasteiger partial charge in [0.1, 0.15) is 29.7 Å². The summed E-state index contributed by atoms with van der Waals surface area (Å²) in [5, 5.41) is 22.9. The Morgan fingerprint density at radius 1 is 0.912 bits per heavy atom. The van der Waals surface area contributed by atoms with Gasteiger partial charge in [0.05, 0.1) is 23.9 Å². The lowest BCUT2D eigenvalue weighted by Crippen LogP contribution is -2.58. The molecular weight excluding hydrogens is 908 g/mol. The van der Waals surface area contributed by atoms with Crippen LogP contribution in [0.1, 0.15) is 62.4 Å². The Labute approximate surface area is 392 Å². The number of carboxylic acids is 1. The second-order valence-electron chi connectivity index (χ2n) is 19.4. The number of benzene rings is 2. The van der Waals surface area contributed by atoms with Crippen LogP contribution in [-0.4, -0.2) is 168 Å². The van der Waals surface area contributed by atoms with Crippen LogP contribution >= 0.6 is 0 Å². The quantitative estimate of drug-likeness (QED) is 0.114. The van der Waals surface area contributed by atoms with E-state index in [2.05, 4.69) is 30.0 Å². The molecule has 6 heterocycles. The molecule has 4 aliphatic rings. The van der Waals surface area contributed by atoms with Crippen LogP contribution in [-0.2, 0) is 24.6 Å². The highest BCUT2D eigenvalue weighted by atomic mass is 32.2. The van der Waals surface area contributed by atoms with Crippen molar-refractivity contribution in [2.75, 3.05) is 81.6 Å². The van der Waals surface area contributed by atoms with Crippen molar-refractivity contribution >= 4 is 56.2 Å². The van der Waals surface area contributed by atoms with Gasteiger partial charge in [-0.2, -0.15) is 12.7 Å². The Bertz CT molecular complexity index is 2650. The molecule has 366 valence electrons. The number of piperazine rings is 1. The number of nitrogens with zero attached hydrogens (tertiary/aromatic N) is 6. The van der Waals surface area contributed by atoms with E-state index >= 15 is 8.78 Å². The normalized spacial score (nSPS) is 21.9. The van der Waals surface area contributed by atoms with Crippen molar-refractivity contribution in [3.63, 3.8) is 0 Å². The van der Waals surface area contributed by atoms with Gasteiger partial charge in [-0.1, -0.05) is 32.9 Å². The molecule has 17 nitrogen and oxygen atoms in total. The summed E-state index contributed by atoms with van der Waals surface area (Å²) in [5.74, 6) is -5.09. The zero-order chi connectivity index (χ0) is 48.7. The molecule has 4 aromatic rings. The Kier molecular flexibility index (Phi) is 14.2. The Morgan fingerprint density at radius 2 is 1.60 bits per heavy atom. The molecule has 8 rings (SSSR count). The fourth-order valence-corrected chi connectivity index (χ4v) is 11.0. The molecule has 4 aliphatic heterocycles. The number of aliphatic hydroxyl groups is 1. The van der Waals surface area contributed by atoms with Crippen molar-refractivity contribution in [2.45, 2.75) is 70.8 Å². The number of likely N-dealkylation sites (tertiary alicyclic amines) is 1. The number of aliphatic hydroxyl groups excluding tert-OH is 1. The van der Waals surface area contributed by atoms with Crippen LogP contribution in [0.2, 0.25) is 0 Å². The highest BCUT2D eigenvalue weighted by Crippen LogP contribution is 2.33. The minimum atomic E-state index is -4.37. The number of aliphatic carboxylic acids is 1. The minimum Gasteiger partial charge on any atom is -0.480 e. The van der Waals surface area contributed by atoms with Gasteiger partial charge >= 0.3 is 16.2 Å². The number of rotatable bonds is 14. The lowest BCUT2D eigenvalue weighted by molar-refractivity contribution is -0.150. The fraction of sp³-hybridized carbons (Fsp3) is 0.511. The molecular formula is C47H58F3N9O8S. The second-order valence-corrected chi connectivity index (χ2v) is 21.1. The lowest BCUT2D eigenvalue weighted by atomic mass is 9.85. The molecule has 68 heavy (non-hydrogen) atoms. The number of alkyl halides is 1. The van der Waals surface area contributed by atoms with Crippen LogP contribution < -0.4 is 14.9 Å². The number of halogens is 3. The molecule has 21 heteroatoms. The van der Waals surface area contributed by atoms with Gasteiger partial charge in [-0.15, -0.1) is 0 Å². The van der Waals surface area contributed by atoms with Crippen LogP contribution in [0, 0.1) is 23.0 Å². The van der Waals surface area contributed by atoms with Gasteiger partial charge in [0.2, 0.25) is 17.6 Å². The molecule has 4 atom stereocenters. The number of carboxylic acid groups (broad SMARTS) is 1. The first kappa shape index (κ1) is 48.8. The Morgan fingerprint density at radius 3 is 2.25 bits per heavy atom. The molecule has 2 amide bonds. The maximum atomic E-state index is 15.8. The third-order valence-electron chi connectivity index (χ3n) is 13.6. The Balaban J connectivity index is 0.823. The van der Waals surface area contributed by atoms with E-state index in [0.717, 1.165) is 73.3 Å². The molecule has 4 saturated heterocycles. The SMILES string of the molecule is CC(C)(C)C(NC(=O)CN1CCN(CC2CCN(c3ccc(-c4cnc5[nH]cc(C(=O)c6c(F)ccc(NS(=O)(=O)N7CC[C@@H](F)C7)c6F)c5c4)cc3)CC2)CC1)C(=O)N1C[C@H](O)C[C@H]1C(=O)O. The van der Waals surface area contributed by atoms with Crippen molar-refractivity contribution in [3.8, 4) is 11.1 Å². The predicted molar refractivity (Wildman–Crippen MR) is 248 cm³/mol. The lowest BCUT2D eigenvalue weighted by Gasteiger charge is -2.39. The summed E-state index contributed by atoms with van der Waals surface area (Å²) in [6.45, 7) is 10.6. The molecule has 2 aromatic heterocycles. The highest BCUT2D eigenvalue weighted by Gasteiger charge is 2.45. The first-order valence-electron chi connectivity index (χ1n) is 23.0. The number of carbonyl (C=O) groups is 4. The predicted octanol–water partition coefficient (Wildman–Crippen LogP) is 3.85. The highest BCUT2D eigenvalue weighted by molar-refractivity contribution is 7.90. The average Bonchev–Trinajstić information content (AvgIpc) is 4.05. The van der Waals surface area contributed by atoms with Crippen LogP contribution in [0.3, 0.4) is 0 Å². The zero-order valence-corrected chi connectivity index (χ0v) is 39.1. The van der Waals surface area contributed by atoms with Gasteiger partial charge in [0.25, 0.3) is 0 Å². The molecule has 0 radical (unpaired) electrons. The van der Waals surface area contributed by atoms with Crippen LogP contribution in [0.4, 0.5) is 24.5 Å². The number of anilines is 2. The number of H-pyrrole nitrogens is 1. The number of fused-ring (bicyclic) bond motifs is 1. The van der Waals surface area contributed by atoms with Crippen LogP contribution in [0.5, 0.6) is 0 Å². The van der Waals surface area contributed by atoms with Gasteiger partial charge in [-0.05, 0) is 66.5 Å². The second kappa shape index (κ2) is 19.8. The van der Waals surface area contributed by atoms with E-state index in [1.165, 1.54) is 11.1 Å². The number of ketones is 1. The zero-order valence-electron chi connectivity index (χ0n) is 38.3. The standard InChI is InChI=1S/C47H58F3N9O8S/c1-47(2,3)43(45(63)59-26-33(60)21-38(59)46(64)65)53-39(61)27-56-18-16-55(17-19-56)24-28-10-13-57(14-11-28)32-6-4-29(5-7-32)30-20-34-35(23-52-44(34)51-22-30)42(62)40-36(49)8-9-37(41(40)50)54-68(66,67)58-15-12-31(48)25-58/h4-9,20,22-23,28,31,33,38,43,54,60H,10-19,21,24-27H2,1-3H3,(H,51,52)(H,53,61)(H,64,65)/t31-,33-,38+,43?/m1/s1. The summed E-state index contributed by atoms with van der Waals surface area (Å²) in [4.78, 5) is 67.6. The van der Waals surface area contributed by atoms with Crippen molar-refractivity contribution in [2.24, 2.45) is 11.3 Å². The number of pyridine rings is 1. The number of piperidine rings is 1. The van der Waals surface area contributed by atoms with E-state index in [4.69, 9.17) is 0 Å². The number of aromatic nitrogens is 2. The first-order valence-corrected chi connectivity index (χ1v) is 24.4. The first-order chi connectivity index (χ1) is 32.2. The summed E-state index contributed by atoms with van der Waals surface area (Å²) < 4.78 is 73.1. The molecule has 5 N–H and O–H groups in total. The van der Waals surface area contributed by atoms with Gasteiger partial charge in [-0.25, -0.2) is 22.9 Å². The largest absolute Gasteiger partial charge is 0.480 e. The summed E-state index contributed by atoms with van der Waals surface area (Å²) in [6, 6.07) is 9.25. The molecule has 0 spiro atoms. The summed E-state index contributed by atoms with van der Waals surface area (Å²) >= 11 is 0. The molecule has 2 aromatic carbocycles. The maximum absolute atomic E-state index is 15.8. The van der Waals surface area contributed by atoms with E-state index in [1.54, 1.807) is 12.3 Å². The molecule has 0 bridgehead atoms. The smallest absolute Gasteiger partial charge is 0.326 e. The number of amides is 2. The van der Waals surface area contributed by atoms with Gasteiger partial charge in [0, 0.05) is 106 Å². The van der Waals surface area contributed by atoms with Crippen molar-refractivity contribution < 1.29 is 51.0 Å². The van der Waals surface area contributed by atoms with Crippen molar-refractivity contribution in [3.05, 3.63) is 77.6 Å². The fourth-order valence-electron chi connectivity index (χ4n) is 9.68. The monoisotopic (exact) mass is 965 g/mol. The average molecular weight is 966 g/mol. The Hall–Kier alpha value is -5.61. The summed E-state index contributed by atoms with van der Waals surface area (Å²) in [6.07, 6.45) is 2.60. The van der Waals surface area contributed by atoms with Crippen molar-refractivity contribution in [1.29, 1.82) is 0 Å². The molecule has 1 unspecified atom stereocenters. The van der Waals surface area contributed by atoms with E-state index < -0.39 is 87.1 Å². The maximum Gasteiger partial charge on any atom is 0.326 e. The summed E-state index contributed by atoms with van der Waals surface area (Å²) in [5.41, 5.74) is 0.502. The number of carbonyl (C=O) groups excluding carboxylic acids is 3. The third kappa shape index (κ3) is 10.7. The number of hydrogen-bond acceptors (Lipinski definition) is 11. The van der Waals surface area contributed by atoms with E-state index in [1.807, 2.05) is 49.8 Å². The van der Waals surface area contributed by atoms with Gasteiger partial charge < -0.3 is 35.2 Å². The molecule has 0 aliphatic carbocycles. The number of nitrogens with one attached hydrogen (secondary N) is 3. The molecule has 0 saturated carbocycles. The van der Waals surface area contributed by atoms with Crippen LogP contribution in [0.25, 0.3) is 22.2 Å². The minimum absolute atomic E-state index is 0.00445. The molecule has 4 fully saturated rings. The topological polar surface area (TPSA) is 212 Å².